The normalized spacial score (nSPS) is 12.4. The predicted molar refractivity (Wildman–Crippen MR) is 82.5 cm³/mol. The van der Waals surface area contributed by atoms with Gasteiger partial charge in [-0.2, -0.15) is 0 Å². The molecule has 5 heteroatoms. The Morgan fingerprint density at radius 1 is 1.47 bits per heavy atom. The number of halogens is 1. The minimum absolute atomic E-state index is 0.177. The van der Waals surface area contributed by atoms with Crippen LogP contribution in [0.3, 0.4) is 0 Å². The van der Waals surface area contributed by atoms with E-state index in [-0.39, 0.29) is 6.04 Å². The van der Waals surface area contributed by atoms with Crippen molar-refractivity contribution in [2.24, 2.45) is 0 Å². The molecule has 2 rings (SSSR count). The molecule has 1 aromatic heterocycles. The third-order valence-electron chi connectivity index (χ3n) is 2.40. The van der Waals surface area contributed by atoms with E-state index in [1.54, 1.807) is 11.3 Å². The maximum Gasteiger partial charge on any atom is 0.115 e. The zero-order valence-electron chi connectivity index (χ0n) is 9.70. The molecule has 0 amide bonds. The first-order valence-electron chi connectivity index (χ1n) is 5.30. The molecule has 0 spiro atoms. The molecule has 0 saturated heterocycles. The van der Waals surface area contributed by atoms with Crippen molar-refractivity contribution in [3.05, 3.63) is 37.9 Å². The van der Waals surface area contributed by atoms with Crippen molar-refractivity contribution in [1.29, 1.82) is 0 Å². The third kappa shape index (κ3) is 3.10. The summed E-state index contributed by atoms with van der Waals surface area (Å²) in [6, 6.07) is 6.19. The summed E-state index contributed by atoms with van der Waals surface area (Å²) in [6.07, 6.45) is 1.90. The van der Waals surface area contributed by atoms with Crippen LogP contribution in [0.25, 0.3) is 0 Å². The number of anilines is 2. The molecule has 1 unspecified atom stereocenters. The molecule has 2 aromatic rings. The lowest BCUT2D eigenvalue weighted by Crippen LogP contribution is -2.08. The van der Waals surface area contributed by atoms with Gasteiger partial charge in [-0.3, -0.25) is 0 Å². The Balaban J connectivity index is 2.15. The monoisotopic (exact) mass is 359 g/mol. The number of hydrogen-bond donors (Lipinski definition) is 2. The van der Waals surface area contributed by atoms with Crippen molar-refractivity contribution in [2.75, 3.05) is 11.1 Å². The van der Waals surface area contributed by atoms with Gasteiger partial charge in [0.2, 0.25) is 0 Å². The van der Waals surface area contributed by atoms with E-state index in [0.717, 1.165) is 20.0 Å². The van der Waals surface area contributed by atoms with Crippen LogP contribution in [-0.4, -0.2) is 4.98 Å². The standard InChI is InChI=1S/C12H14IN3S/c1-7-6-15-12(17-7)8(2)16-11-4-3-9(13)5-10(11)14/h3-6,8,16H,14H2,1-2H3. The number of benzene rings is 1. The molecule has 1 aromatic carbocycles. The summed E-state index contributed by atoms with van der Waals surface area (Å²) in [5, 5.41) is 4.47. The number of nitrogens with one attached hydrogen (secondary N) is 1. The van der Waals surface area contributed by atoms with Crippen LogP contribution in [0.4, 0.5) is 11.4 Å². The molecule has 17 heavy (non-hydrogen) atoms. The van der Waals surface area contributed by atoms with Crippen molar-refractivity contribution in [3.63, 3.8) is 0 Å². The SMILES string of the molecule is Cc1cnc(C(C)Nc2ccc(I)cc2N)s1. The van der Waals surface area contributed by atoms with Gasteiger partial charge in [0.25, 0.3) is 0 Å². The number of thiazole rings is 1. The summed E-state index contributed by atoms with van der Waals surface area (Å²) < 4.78 is 1.14. The first-order chi connectivity index (χ1) is 8.06. The number of aromatic nitrogens is 1. The molecule has 3 nitrogen and oxygen atoms in total. The highest BCUT2D eigenvalue weighted by Gasteiger charge is 2.10. The summed E-state index contributed by atoms with van der Waals surface area (Å²) >= 11 is 3.96. The minimum Gasteiger partial charge on any atom is -0.397 e. The smallest absolute Gasteiger partial charge is 0.115 e. The fourth-order valence-electron chi connectivity index (χ4n) is 1.53. The molecular weight excluding hydrogens is 345 g/mol. The van der Waals surface area contributed by atoms with Crippen LogP contribution in [0.5, 0.6) is 0 Å². The number of nitrogens with zero attached hydrogens (tertiary/aromatic N) is 1. The van der Waals surface area contributed by atoms with Gasteiger partial charge >= 0.3 is 0 Å². The summed E-state index contributed by atoms with van der Waals surface area (Å²) in [5.41, 5.74) is 7.71. The summed E-state index contributed by atoms with van der Waals surface area (Å²) in [6.45, 7) is 4.16. The molecule has 0 radical (unpaired) electrons. The number of nitrogen functional groups attached to an aromatic ring is 1. The van der Waals surface area contributed by atoms with E-state index in [4.69, 9.17) is 5.73 Å². The van der Waals surface area contributed by atoms with E-state index in [1.165, 1.54) is 4.88 Å². The van der Waals surface area contributed by atoms with Crippen LogP contribution in [0.1, 0.15) is 22.9 Å². The van der Waals surface area contributed by atoms with Crippen LogP contribution in [-0.2, 0) is 0 Å². The average Bonchev–Trinajstić information content (AvgIpc) is 2.69. The molecule has 0 aliphatic rings. The van der Waals surface area contributed by atoms with Gasteiger partial charge < -0.3 is 11.1 Å². The van der Waals surface area contributed by atoms with E-state index in [1.807, 2.05) is 24.4 Å². The topological polar surface area (TPSA) is 50.9 Å². The Morgan fingerprint density at radius 2 is 2.24 bits per heavy atom. The fraction of sp³-hybridized carbons (Fsp3) is 0.250. The van der Waals surface area contributed by atoms with Gasteiger partial charge in [0.1, 0.15) is 5.01 Å². The highest BCUT2D eigenvalue weighted by molar-refractivity contribution is 14.1. The number of hydrogen-bond acceptors (Lipinski definition) is 4. The lowest BCUT2D eigenvalue weighted by Gasteiger charge is -2.14. The van der Waals surface area contributed by atoms with Crippen LogP contribution in [0.2, 0.25) is 0 Å². The van der Waals surface area contributed by atoms with E-state index in [0.29, 0.717) is 0 Å². The largest absolute Gasteiger partial charge is 0.397 e. The first kappa shape index (κ1) is 12.6. The van der Waals surface area contributed by atoms with Gasteiger partial charge in [0.15, 0.2) is 0 Å². The number of nitrogens with two attached hydrogens (primary N) is 1. The van der Waals surface area contributed by atoms with Gasteiger partial charge in [0.05, 0.1) is 17.4 Å². The Morgan fingerprint density at radius 3 is 2.82 bits per heavy atom. The van der Waals surface area contributed by atoms with Crippen LogP contribution < -0.4 is 11.1 Å². The molecule has 0 fully saturated rings. The molecule has 1 atom stereocenters. The summed E-state index contributed by atoms with van der Waals surface area (Å²) in [7, 11) is 0. The van der Waals surface area contributed by atoms with Crippen molar-refractivity contribution < 1.29 is 0 Å². The van der Waals surface area contributed by atoms with Crippen LogP contribution in [0.15, 0.2) is 24.4 Å². The summed E-state index contributed by atoms with van der Waals surface area (Å²) in [4.78, 5) is 5.60. The van der Waals surface area contributed by atoms with Gasteiger partial charge in [-0.1, -0.05) is 0 Å². The highest BCUT2D eigenvalue weighted by Crippen LogP contribution is 2.27. The van der Waals surface area contributed by atoms with Gasteiger partial charge in [-0.05, 0) is 54.6 Å². The van der Waals surface area contributed by atoms with Crippen LogP contribution in [0, 0.1) is 10.5 Å². The van der Waals surface area contributed by atoms with Gasteiger partial charge in [0, 0.05) is 14.6 Å². The average molecular weight is 359 g/mol. The molecule has 0 saturated carbocycles. The Hall–Kier alpha value is -0.820. The number of aryl methyl sites for hydroxylation is 1. The van der Waals surface area contributed by atoms with Crippen LogP contribution >= 0.6 is 33.9 Å². The second-order valence-electron chi connectivity index (χ2n) is 3.91. The lowest BCUT2D eigenvalue weighted by atomic mass is 10.2. The Labute approximate surface area is 119 Å². The molecule has 1 heterocycles. The van der Waals surface area contributed by atoms with Crippen molar-refractivity contribution in [1.82, 2.24) is 4.98 Å². The lowest BCUT2D eigenvalue weighted by molar-refractivity contribution is 0.870. The molecular formula is C12H14IN3S. The predicted octanol–water partition coefficient (Wildman–Crippen LogP) is 3.81. The maximum atomic E-state index is 5.97. The fourth-order valence-corrected chi connectivity index (χ4v) is 2.82. The molecule has 0 aliphatic heterocycles. The van der Waals surface area contributed by atoms with Gasteiger partial charge in [-0.15, -0.1) is 11.3 Å². The maximum absolute atomic E-state index is 5.97. The zero-order chi connectivity index (χ0) is 12.4. The highest BCUT2D eigenvalue weighted by atomic mass is 127. The second-order valence-corrected chi connectivity index (χ2v) is 6.42. The quantitative estimate of drug-likeness (QED) is 0.647. The number of rotatable bonds is 3. The van der Waals surface area contributed by atoms with E-state index in [9.17, 15) is 0 Å². The van der Waals surface area contributed by atoms with Crippen molar-refractivity contribution >= 4 is 45.3 Å². The summed E-state index contributed by atoms with van der Waals surface area (Å²) in [5.74, 6) is 0. The Bertz CT molecular complexity index is 524. The zero-order valence-corrected chi connectivity index (χ0v) is 12.7. The molecule has 3 N–H and O–H groups in total. The third-order valence-corrected chi connectivity index (χ3v) is 4.16. The van der Waals surface area contributed by atoms with Gasteiger partial charge in [-0.25, -0.2) is 4.98 Å². The minimum atomic E-state index is 0.177. The first-order valence-corrected chi connectivity index (χ1v) is 7.19. The molecule has 0 aliphatic carbocycles. The molecule has 90 valence electrons. The molecule has 0 bridgehead atoms. The van der Waals surface area contributed by atoms with E-state index >= 15 is 0 Å². The van der Waals surface area contributed by atoms with Crippen molar-refractivity contribution in [3.8, 4) is 0 Å². The van der Waals surface area contributed by atoms with E-state index in [2.05, 4.69) is 46.7 Å². The Kier molecular flexibility index (Phi) is 3.88. The van der Waals surface area contributed by atoms with E-state index < -0.39 is 0 Å². The van der Waals surface area contributed by atoms with Crippen molar-refractivity contribution in [2.45, 2.75) is 19.9 Å². The second kappa shape index (κ2) is 5.22.